The minimum absolute atomic E-state index is 0. The maximum atomic E-state index is 13.5. The molecule has 0 bridgehead atoms. The molecular formula is C28H30ClFN6O2. The van der Waals surface area contributed by atoms with Crippen molar-refractivity contribution >= 4 is 24.1 Å². The van der Waals surface area contributed by atoms with Crippen molar-refractivity contribution in [3.05, 3.63) is 83.7 Å². The molecule has 0 radical (unpaired) electrons. The summed E-state index contributed by atoms with van der Waals surface area (Å²) in [4.78, 5) is 19.7. The molecule has 0 aliphatic carbocycles. The van der Waals surface area contributed by atoms with Crippen molar-refractivity contribution in [3.8, 4) is 22.7 Å². The lowest BCUT2D eigenvalue weighted by molar-refractivity contribution is 0.0793. The molecule has 1 saturated heterocycles. The highest BCUT2D eigenvalue weighted by atomic mass is 35.5. The van der Waals surface area contributed by atoms with Crippen molar-refractivity contribution in [3.63, 3.8) is 0 Å². The van der Waals surface area contributed by atoms with E-state index in [-0.39, 0.29) is 30.2 Å². The molecule has 1 aliphatic rings. The Labute approximate surface area is 227 Å². The molecule has 0 unspecified atom stereocenters. The van der Waals surface area contributed by atoms with Crippen LogP contribution in [0.4, 0.5) is 10.2 Å². The minimum Gasteiger partial charge on any atom is -0.495 e. The van der Waals surface area contributed by atoms with Crippen LogP contribution in [0.15, 0.2) is 61.1 Å². The van der Waals surface area contributed by atoms with Gasteiger partial charge in [0.25, 0.3) is 5.91 Å². The first-order valence-electron chi connectivity index (χ1n) is 12.3. The molecule has 2 aromatic heterocycles. The van der Waals surface area contributed by atoms with Gasteiger partial charge in [-0.15, -0.1) is 22.6 Å². The van der Waals surface area contributed by atoms with Crippen molar-refractivity contribution in [1.29, 1.82) is 0 Å². The molecule has 198 valence electrons. The van der Waals surface area contributed by atoms with Crippen molar-refractivity contribution in [2.45, 2.75) is 32.7 Å². The first-order valence-corrected chi connectivity index (χ1v) is 12.3. The Balaban J connectivity index is 0.00000336. The summed E-state index contributed by atoms with van der Waals surface area (Å²) in [5, 5.41) is 12.2. The molecule has 38 heavy (non-hydrogen) atoms. The van der Waals surface area contributed by atoms with Crippen LogP contribution in [0.1, 0.15) is 47.4 Å². The standard InChI is InChI=1S/C28H29FN6O2.ClH/c1-18-16-35(17-30-18)25-11-8-21(14-26(25)37-3)24-15-23(28(36)34-12-4-5-13-34)27(33-32-24)31-19(2)20-6-9-22(29)10-7-20;/h6-11,14-17,19H,4-5,12-13H2,1-3H3,(H,31,33);1H/t19-;/m0./s1. The highest BCUT2D eigenvalue weighted by molar-refractivity contribution is 5.99. The first-order chi connectivity index (χ1) is 17.9. The number of hydrogen-bond donors (Lipinski definition) is 1. The number of carbonyl (C=O) groups excluding carboxylic acids is 1. The van der Waals surface area contributed by atoms with Gasteiger partial charge in [-0.2, -0.15) is 0 Å². The number of ether oxygens (including phenoxy) is 1. The van der Waals surface area contributed by atoms with Crippen molar-refractivity contribution < 1.29 is 13.9 Å². The fraction of sp³-hybridized carbons (Fsp3) is 0.286. The van der Waals surface area contributed by atoms with Gasteiger partial charge >= 0.3 is 0 Å². The Morgan fingerprint density at radius 2 is 1.82 bits per heavy atom. The van der Waals surface area contributed by atoms with Crippen LogP contribution in [0.5, 0.6) is 5.75 Å². The lowest BCUT2D eigenvalue weighted by atomic mass is 10.1. The van der Waals surface area contributed by atoms with Crippen molar-refractivity contribution in [2.24, 2.45) is 0 Å². The van der Waals surface area contributed by atoms with Crippen LogP contribution < -0.4 is 10.1 Å². The molecule has 1 aliphatic heterocycles. The van der Waals surface area contributed by atoms with Crippen LogP contribution in [0.25, 0.3) is 16.9 Å². The lowest BCUT2D eigenvalue weighted by Gasteiger charge is -2.21. The topological polar surface area (TPSA) is 85.2 Å². The zero-order valence-corrected chi connectivity index (χ0v) is 22.3. The number of anilines is 1. The number of carbonyl (C=O) groups is 1. The molecule has 0 saturated carbocycles. The Morgan fingerprint density at radius 1 is 1.08 bits per heavy atom. The summed E-state index contributed by atoms with van der Waals surface area (Å²) in [5.41, 5.74) is 4.42. The smallest absolute Gasteiger partial charge is 0.257 e. The minimum atomic E-state index is -0.297. The van der Waals surface area contributed by atoms with E-state index in [2.05, 4.69) is 20.5 Å². The van der Waals surface area contributed by atoms with Crippen LogP contribution in [-0.2, 0) is 0 Å². The van der Waals surface area contributed by atoms with E-state index in [1.54, 1.807) is 31.6 Å². The monoisotopic (exact) mass is 536 g/mol. The SMILES string of the molecule is COc1cc(-c2cc(C(=O)N3CCCC3)c(N[C@@H](C)c3ccc(F)cc3)nn2)ccc1-n1cnc(C)c1.Cl. The summed E-state index contributed by atoms with van der Waals surface area (Å²) in [6, 6.07) is 13.6. The third kappa shape index (κ3) is 5.62. The fourth-order valence-electron chi connectivity index (χ4n) is 4.54. The van der Waals surface area contributed by atoms with Gasteiger partial charge < -0.3 is 19.5 Å². The molecule has 1 amide bonds. The molecule has 0 spiro atoms. The predicted molar refractivity (Wildman–Crippen MR) is 147 cm³/mol. The first kappa shape index (κ1) is 27.1. The maximum Gasteiger partial charge on any atom is 0.257 e. The Bertz CT molecular complexity index is 1420. The second-order valence-corrected chi connectivity index (χ2v) is 9.22. The van der Waals surface area contributed by atoms with Gasteiger partial charge in [-0.25, -0.2) is 9.37 Å². The quantitative estimate of drug-likeness (QED) is 0.330. The lowest BCUT2D eigenvalue weighted by Crippen LogP contribution is -2.29. The Morgan fingerprint density at radius 3 is 2.47 bits per heavy atom. The maximum absolute atomic E-state index is 13.5. The number of methoxy groups -OCH3 is 1. The molecule has 1 fully saturated rings. The number of hydrogen-bond acceptors (Lipinski definition) is 6. The van der Waals surface area contributed by atoms with Crippen LogP contribution in [0, 0.1) is 12.7 Å². The van der Waals surface area contributed by atoms with E-state index >= 15 is 0 Å². The molecule has 5 rings (SSSR count). The summed E-state index contributed by atoms with van der Waals surface area (Å²) < 4.78 is 20.9. The van der Waals surface area contributed by atoms with Crippen molar-refractivity contribution in [1.82, 2.24) is 24.6 Å². The van der Waals surface area contributed by atoms with Gasteiger partial charge in [0.05, 0.1) is 42.1 Å². The van der Waals surface area contributed by atoms with E-state index in [4.69, 9.17) is 4.74 Å². The molecule has 4 aromatic rings. The summed E-state index contributed by atoms with van der Waals surface area (Å²) in [6.45, 7) is 5.30. The number of halogens is 2. The highest BCUT2D eigenvalue weighted by Crippen LogP contribution is 2.31. The average Bonchev–Trinajstić information content (AvgIpc) is 3.61. The van der Waals surface area contributed by atoms with Gasteiger partial charge in [-0.3, -0.25) is 4.79 Å². The second kappa shape index (κ2) is 11.6. The number of imidazole rings is 1. The number of rotatable bonds is 7. The van der Waals surface area contributed by atoms with Crippen LogP contribution in [0.3, 0.4) is 0 Å². The summed E-state index contributed by atoms with van der Waals surface area (Å²) in [5.74, 6) is 0.667. The summed E-state index contributed by atoms with van der Waals surface area (Å²) in [7, 11) is 1.62. The fourth-order valence-corrected chi connectivity index (χ4v) is 4.54. The molecule has 10 heteroatoms. The van der Waals surface area contributed by atoms with Gasteiger partial charge in [-0.05, 0) is 62.6 Å². The van der Waals surface area contributed by atoms with E-state index in [9.17, 15) is 9.18 Å². The van der Waals surface area contributed by atoms with Crippen molar-refractivity contribution in [2.75, 3.05) is 25.5 Å². The number of nitrogens with zero attached hydrogens (tertiary/aromatic N) is 5. The van der Waals surface area contributed by atoms with Gasteiger partial charge in [0, 0.05) is 24.8 Å². The Hall–Kier alpha value is -3.98. The highest BCUT2D eigenvalue weighted by Gasteiger charge is 2.25. The Kier molecular flexibility index (Phi) is 8.26. The van der Waals surface area contributed by atoms with Crippen LogP contribution >= 0.6 is 12.4 Å². The normalized spacial score (nSPS) is 13.6. The number of likely N-dealkylation sites (tertiary alicyclic amines) is 1. The van der Waals surface area contributed by atoms with E-state index in [0.29, 0.717) is 22.8 Å². The number of amides is 1. The number of benzene rings is 2. The second-order valence-electron chi connectivity index (χ2n) is 9.22. The number of nitrogens with one attached hydrogen (secondary N) is 1. The van der Waals surface area contributed by atoms with E-state index in [0.717, 1.165) is 48.4 Å². The molecule has 3 heterocycles. The summed E-state index contributed by atoms with van der Waals surface area (Å²) >= 11 is 0. The third-order valence-electron chi connectivity index (χ3n) is 6.61. The van der Waals surface area contributed by atoms with Gasteiger partial charge in [0.15, 0.2) is 5.82 Å². The van der Waals surface area contributed by atoms with Crippen LogP contribution in [0.2, 0.25) is 0 Å². The largest absolute Gasteiger partial charge is 0.495 e. The van der Waals surface area contributed by atoms with Gasteiger partial charge in [0.1, 0.15) is 11.6 Å². The molecular weight excluding hydrogens is 507 g/mol. The molecule has 1 N–H and O–H groups in total. The van der Waals surface area contributed by atoms with Gasteiger partial charge in [-0.1, -0.05) is 18.2 Å². The summed E-state index contributed by atoms with van der Waals surface area (Å²) in [6.07, 6.45) is 5.63. The van der Waals surface area contributed by atoms with Gasteiger partial charge in [0.2, 0.25) is 0 Å². The van der Waals surface area contributed by atoms with Crippen LogP contribution in [-0.4, -0.2) is 50.8 Å². The van der Waals surface area contributed by atoms with E-state index in [1.165, 1.54) is 12.1 Å². The van der Waals surface area contributed by atoms with E-state index < -0.39 is 0 Å². The van der Waals surface area contributed by atoms with E-state index in [1.807, 2.05) is 47.7 Å². The molecule has 8 nitrogen and oxygen atoms in total. The predicted octanol–water partition coefficient (Wildman–Crippen LogP) is 5.62. The number of aryl methyl sites for hydroxylation is 1. The average molecular weight is 537 g/mol. The molecule has 2 aromatic carbocycles. The molecule has 1 atom stereocenters. The zero-order valence-electron chi connectivity index (χ0n) is 21.5. The number of aromatic nitrogens is 4. The zero-order chi connectivity index (χ0) is 25.9. The third-order valence-corrected chi connectivity index (χ3v) is 6.61.